The van der Waals surface area contributed by atoms with Crippen LogP contribution in [0.15, 0.2) is 47.6 Å². The number of rotatable bonds is 5. The molecule has 362 valence electrons. The number of aliphatic hydroxyl groups is 4. The lowest BCUT2D eigenvalue weighted by Gasteiger charge is -2.46. The van der Waals surface area contributed by atoms with E-state index in [9.17, 15) is 39.6 Å². The number of piperidine rings is 1. The van der Waals surface area contributed by atoms with Gasteiger partial charge in [0.15, 0.2) is 17.7 Å². The van der Waals surface area contributed by atoms with Crippen LogP contribution in [-0.4, -0.2) is 124 Å². The van der Waals surface area contributed by atoms with Gasteiger partial charge in [-0.3, -0.25) is 14.4 Å². The van der Waals surface area contributed by atoms with Crippen molar-refractivity contribution < 1.29 is 58.6 Å². The number of hydrogen-bond donors (Lipinski definition) is 4. The van der Waals surface area contributed by atoms with Crippen molar-refractivity contribution in [3.05, 3.63) is 47.6 Å². The first kappa shape index (κ1) is 53.6. The van der Waals surface area contributed by atoms with Crippen molar-refractivity contribution in [2.75, 3.05) is 20.8 Å². The molecule has 64 heavy (non-hydrogen) atoms. The molecule has 16 atom stereocenters. The minimum absolute atomic E-state index is 0.0355. The van der Waals surface area contributed by atoms with Crippen molar-refractivity contribution >= 4 is 23.4 Å². The summed E-state index contributed by atoms with van der Waals surface area (Å²) >= 11 is 0. The predicted octanol–water partition coefficient (Wildman–Crippen LogP) is 6.59. The van der Waals surface area contributed by atoms with Crippen LogP contribution in [0.2, 0.25) is 0 Å². The van der Waals surface area contributed by atoms with E-state index in [2.05, 4.69) is 0 Å². The molecule has 13 heteroatoms. The molecule has 0 spiro atoms. The third-order valence-electron chi connectivity index (χ3n) is 14.7. The molecular weight excluding hydrogens is 819 g/mol. The summed E-state index contributed by atoms with van der Waals surface area (Å²) in [5, 5.41) is 45.6. The number of allylic oxidation sites excluding steroid dienone is 6. The lowest BCUT2D eigenvalue weighted by molar-refractivity contribution is -0.317. The number of hydrogen-bond acceptors (Lipinski definition) is 12. The number of methoxy groups -OCH3 is 2. The molecule has 4 aliphatic rings. The van der Waals surface area contributed by atoms with Gasteiger partial charge in [0.25, 0.3) is 5.91 Å². The second kappa shape index (κ2) is 24.6. The number of carbonyl (C=O) groups is 4. The van der Waals surface area contributed by atoms with E-state index in [1.807, 2.05) is 65.0 Å². The van der Waals surface area contributed by atoms with E-state index in [0.717, 1.165) is 18.4 Å². The number of ether oxygens (including phenoxy) is 4. The first-order valence-corrected chi connectivity index (χ1v) is 24.0. The highest BCUT2D eigenvalue weighted by Gasteiger charge is 2.53. The number of aliphatic hydroxyl groups excluding tert-OH is 3. The molecule has 3 heterocycles. The Morgan fingerprint density at radius 2 is 1.59 bits per heavy atom. The van der Waals surface area contributed by atoms with E-state index in [4.69, 9.17) is 18.9 Å². The topological polar surface area (TPSA) is 189 Å². The Morgan fingerprint density at radius 3 is 2.27 bits per heavy atom. The highest BCUT2D eigenvalue weighted by molar-refractivity contribution is 5.95. The van der Waals surface area contributed by atoms with Gasteiger partial charge in [-0.15, -0.1) is 0 Å². The highest BCUT2D eigenvalue weighted by Crippen LogP contribution is 2.39. The van der Waals surface area contributed by atoms with Crippen LogP contribution in [0, 0.1) is 41.4 Å². The molecule has 1 saturated carbocycles. The summed E-state index contributed by atoms with van der Waals surface area (Å²) in [5.74, 6) is -5.79. The van der Waals surface area contributed by atoms with Crippen molar-refractivity contribution in [1.82, 2.24) is 4.90 Å². The van der Waals surface area contributed by atoms with Crippen molar-refractivity contribution in [3.8, 4) is 0 Å². The highest BCUT2D eigenvalue weighted by atomic mass is 16.6. The largest absolute Gasteiger partial charge is 0.460 e. The summed E-state index contributed by atoms with van der Waals surface area (Å²) in [6.45, 7) is 15.0. The number of esters is 1. The maximum absolute atomic E-state index is 14.4. The summed E-state index contributed by atoms with van der Waals surface area (Å²) in [6, 6.07) is -1.06. The van der Waals surface area contributed by atoms with Gasteiger partial charge in [0.2, 0.25) is 5.79 Å². The van der Waals surface area contributed by atoms with Gasteiger partial charge in [-0.1, -0.05) is 78.0 Å². The minimum Gasteiger partial charge on any atom is -0.460 e. The van der Waals surface area contributed by atoms with E-state index in [-0.39, 0.29) is 66.8 Å². The summed E-state index contributed by atoms with van der Waals surface area (Å²) in [4.78, 5) is 57.7. The third-order valence-corrected chi connectivity index (χ3v) is 14.7. The normalized spacial score (nSPS) is 39.4. The number of cyclic esters (lactones) is 1. The number of amides is 1. The zero-order valence-corrected chi connectivity index (χ0v) is 40.3. The maximum Gasteiger partial charge on any atom is 0.329 e. The smallest absolute Gasteiger partial charge is 0.329 e. The van der Waals surface area contributed by atoms with E-state index >= 15 is 0 Å². The first-order valence-electron chi connectivity index (χ1n) is 24.0. The number of fused-ring (bicyclic) bond motifs is 3. The number of nitrogens with zero attached hydrogens (tertiary/aromatic N) is 1. The van der Waals surface area contributed by atoms with E-state index in [1.165, 1.54) is 12.0 Å². The van der Waals surface area contributed by atoms with Crippen LogP contribution in [0.5, 0.6) is 0 Å². The summed E-state index contributed by atoms with van der Waals surface area (Å²) in [5.41, 5.74) is 1.25. The van der Waals surface area contributed by atoms with E-state index < -0.39 is 72.0 Å². The molecule has 3 aliphatic heterocycles. The second-order valence-corrected chi connectivity index (χ2v) is 20.0. The average Bonchev–Trinajstić information content (AvgIpc) is 3.26. The number of carbonyl (C=O) groups excluding carboxylic acids is 4. The number of Topliss-reactive ketones (excluding diaryl/α,β-unsaturated/α-hetero) is 2. The second-order valence-electron chi connectivity index (χ2n) is 20.0. The van der Waals surface area contributed by atoms with Crippen LogP contribution < -0.4 is 0 Å². The Kier molecular flexibility index (Phi) is 20.6. The Hall–Kier alpha value is -3.04. The molecule has 3 fully saturated rings. The molecule has 13 nitrogen and oxygen atoms in total. The van der Waals surface area contributed by atoms with Gasteiger partial charge in [-0.2, -0.15) is 0 Å². The van der Waals surface area contributed by atoms with E-state index in [0.29, 0.717) is 56.9 Å². The molecule has 2 saturated heterocycles. The molecule has 0 radical (unpaired) electrons. The van der Waals surface area contributed by atoms with Gasteiger partial charge in [-0.25, -0.2) is 4.79 Å². The van der Waals surface area contributed by atoms with Crippen molar-refractivity contribution in [2.24, 2.45) is 41.4 Å². The number of ketones is 2. The van der Waals surface area contributed by atoms with E-state index in [1.54, 1.807) is 34.0 Å². The van der Waals surface area contributed by atoms with Crippen LogP contribution in [0.4, 0.5) is 0 Å². The van der Waals surface area contributed by atoms with Crippen LogP contribution in [0.3, 0.4) is 0 Å². The molecule has 4 N–H and O–H groups in total. The van der Waals surface area contributed by atoms with Gasteiger partial charge in [0.1, 0.15) is 18.2 Å². The zero-order chi connectivity index (χ0) is 47.5. The summed E-state index contributed by atoms with van der Waals surface area (Å²) < 4.78 is 24.0. The Morgan fingerprint density at radius 1 is 0.875 bits per heavy atom. The average molecular weight is 900 g/mol. The van der Waals surface area contributed by atoms with Gasteiger partial charge < -0.3 is 44.3 Å². The Labute approximate surface area is 382 Å². The Balaban J connectivity index is 1.70. The molecule has 4 rings (SSSR count). The zero-order valence-electron chi connectivity index (χ0n) is 40.3. The van der Waals surface area contributed by atoms with Gasteiger partial charge in [0.05, 0.1) is 24.4 Å². The molecule has 2 bridgehead atoms. The molecule has 0 aromatic carbocycles. The predicted molar refractivity (Wildman–Crippen MR) is 245 cm³/mol. The van der Waals surface area contributed by atoms with Crippen molar-refractivity contribution in [1.29, 1.82) is 0 Å². The lowest BCUT2D eigenvalue weighted by atomic mass is 9.75. The molecular formula is C51H81NO12. The minimum atomic E-state index is -2.22. The fourth-order valence-corrected chi connectivity index (χ4v) is 10.3. The molecule has 1 aliphatic carbocycles. The summed E-state index contributed by atoms with van der Waals surface area (Å²) in [6.07, 6.45) is 11.0. The third kappa shape index (κ3) is 14.0. The fourth-order valence-electron chi connectivity index (χ4n) is 10.3. The monoisotopic (exact) mass is 900 g/mol. The van der Waals surface area contributed by atoms with Gasteiger partial charge in [-0.05, 0) is 113 Å². The first-order chi connectivity index (χ1) is 30.2. The lowest BCUT2D eigenvalue weighted by Crippen LogP contribution is -2.63. The molecule has 0 aromatic heterocycles. The van der Waals surface area contributed by atoms with Crippen LogP contribution in [-0.2, 0) is 38.1 Å². The fraction of sp³-hybridized carbons (Fsp3) is 0.765. The summed E-state index contributed by atoms with van der Waals surface area (Å²) in [7, 11) is 2.99. The quantitative estimate of drug-likeness (QED) is 0.217. The van der Waals surface area contributed by atoms with Gasteiger partial charge in [0, 0.05) is 51.4 Å². The molecule has 1 amide bonds. The van der Waals surface area contributed by atoms with Crippen molar-refractivity contribution in [2.45, 2.75) is 187 Å². The van der Waals surface area contributed by atoms with Crippen LogP contribution in [0.25, 0.3) is 0 Å². The molecule has 0 aromatic rings. The van der Waals surface area contributed by atoms with Crippen LogP contribution in [0.1, 0.15) is 132 Å². The van der Waals surface area contributed by atoms with Crippen molar-refractivity contribution in [3.63, 3.8) is 0 Å². The van der Waals surface area contributed by atoms with Crippen LogP contribution >= 0.6 is 0 Å². The molecule has 16 unspecified atom stereocenters. The standard InChI is InChI=1S/C51H81NO12/c1-30-16-12-11-13-17-31(2)43(61-9)28-39-21-19-37(8)51(60,64-39)48(57)49(58)52-23-15-14-18-40(52)50(59)63-44(34(5)27-38-20-22-41(53)33(4)26-38)29-42(54)32(3)25-36(7)46(56)47(62-10)45(55)35(6)24-30/h11-13,16-17,25,30,33-41,43-44,46-48,53,56-57,60H,14-15,18-24,26-29H2,1-10H3. The maximum atomic E-state index is 14.4. The van der Waals surface area contributed by atoms with Gasteiger partial charge >= 0.3 is 5.97 Å². The Bertz CT molecular complexity index is 1690. The SMILES string of the molecule is COC1CC2CCC(C)C(O)(O2)C(O)C(=O)N2CCCCC2C(=O)OC(C(C)CC2CCC(O)C(C)C2)CC(=O)C(C)=CC(C)C(O)C(OC)C(=O)C(C)CC(C)C=CC=CC=C1C.